The van der Waals surface area contributed by atoms with Crippen LogP contribution in [0.2, 0.25) is 0 Å². The van der Waals surface area contributed by atoms with Crippen molar-refractivity contribution in [3.63, 3.8) is 0 Å². The summed E-state index contributed by atoms with van der Waals surface area (Å²) in [6.45, 7) is 4.13. The average molecular weight is 246 g/mol. The molecule has 0 aliphatic rings. The van der Waals surface area contributed by atoms with Crippen LogP contribution in [0.15, 0.2) is 18.5 Å². The zero-order valence-corrected chi connectivity index (χ0v) is 11.1. The minimum absolute atomic E-state index is 0.0539. The maximum absolute atomic E-state index is 5.54. The zero-order chi connectivity index (χ0) is 13.1. The van der Waals surface area contributed by atoms with E-state index < -0.39 is 0 Å². The van der Waals surface area contributed by atoms with E-state index in [1.165, 1.54) is 11.9 Å². The Balaban J connectivity index is 2.52. The summed E-state index contributed by atoms with van der Waals surface area (Å²) in [7, 11) is 3.58. The van der Waals surface area contributed by atoms with Crippen molar-refractivity contribution in [3.8, 4) is 5.75 Å². The fourth-order valence-electron chi connectivity index (χ4n) is 2.10. The second-order valence-corrected chi connectivity index (χ2v) is 4.22. The molecule has 1 aromatic carbocycles. The third-order valence-electron chi connectivity index (χ3n) is 3.22. The molecule has 2 N–H and O–H groups in total. The number of aryl methyl sites for hydroxylation is 1. The first-order valence-corrected chi connectivity index (χ1v) is 5.85. The van der Waals surface area contributed by atoms with Crippen LogP contribution in [0.4, 0.5) is 0 Å². The van der Waals surface area contributed by atoms with Crippen LogP contribution in [0.25, 0.3) is 0 Å². The first kappa shape index (κ1) is 12.6. The molecule has 0 aliphatic heterocycles. The molecular weight excluding hydrogens is 228 g/mol. The number of methoxy groups -OCH3 is 1. The standard InChI is InChI=1S/C13H18N4O/c1-8-5-6-10(12(18-4)9(8)2)11(14-3)13-15-7-16-17-13/h5-7,11,14H,1-4H3,(H,15,16,17). The predicted molar refractivity (Wildman–Crippen MR) is 69.8 cm³/mol. The summed E-state index contributed by atoms with van der Waals surface area (Å²) < 4.78 is 5.54. The van der Waals surface area contributed by atoms with Gasteiger partial charge in [0.25, 0.3) is 0 Å². The number of hydrogen-bond donors (Lipinski definition) is 2. The molecular formula is C13H18N4O. The Morgan fingerprint density at radius 3 is 2.67 bits per heavy atom. The highest BCUT2D eigenvalue weighted by molar-refractivity contribution is 5.48. The summed E-state index contributed by atoms with van der Waals surface area (Å²) in [5.41, 5.74) is 3.41. The minimum Gasteiger partial charge on any atom is -0.496 e. The fraction of sp³-hybridized carbons (Fsp3) is 0.385. The van der Waals surface area contributed by atoms with E-state index in [0.717, 1.165) is 22.7 Å². The Labute approximate surface area is 107 Å². The van der Waals surface area contributed by atoms with Crippen LogP contribution in [0.3, 0.4) is 0 Å². The first-order chi connectivity index (χ1) is 8.69. The van der Waals surface area contributed by atoms with Crippen molar-refractivity contribution in [2.24, 2.45) is 0 Å². The van der Waals surface area contributed by atoms with Crippen LogP contribution in [-0.4, -0.2) is 29.3 Å². The third kappa shape index (κ3) is 2.09. The summed E-state index contributed by atoms with van der Waals surface area (Å²) in [5.74, 6) is 1.67. The van der Waals surface area contributed by atoms with Crippen LogP contribution >= 0.6 is 0 Å². The smallest absolute Gasteiger partial charge is 0.146 e. The Kier molecular flexibility index (Phi) is 3.62. The Bertz CT molecular complexity index is 522. The van der Waals surface area contributed by atoms with Gasteiger partial charge in [0.05, 0.1) is 13.2 Å². The summed E-state index contributed by atoms with van der Waals surface area (Å²) in [4.78, 5) is 4.21. The maximum Gasteiger partial charge on any atom is 0.146 e. The lowest BCUT2D eigenvalue weighted by Gasteiger charge is -2.19. The zero-order valence-electron chi connectivity index (χ0n) is 11.1. The number of rotatable bonds is 4. The van der Waals surface area contributed by atoms with E-state index in [9.17, 15) is 0 Å². The number of hydrogen-bond acceptors (Lipinski definition) is 4. The molecule has 0 saturated heterocycles. The molecule has 1 aromatic heterocycles. The van der Waals surface area contributed by atoms with Crippen molar-refractivity contribution >= 4 is 0 Å². The van der Waals surface area contributed by atoms with Gasteiger partial charge in [0.1, 0.15) is 17.9 Å². The second-order valence-electron chi connectivity index (χ2n) is 4.22. The predicted octanol–water partition coefficient (Wildman–Crippen LogP) is 1.74. The van der Waals surface area contributed by atoms with E-state index in [1.54, 1.807) is 7.11 Å². The monoisotopic (exact) mass is 246 g/mol. The van der Waals surface area contributed by atoms with Gasteiger partial charge in [-0.05, 0) is 32.0 Å². The number of aromatic amines is 1. The molecule has 0 bridgehead atoms. The van der Waals surface area contributed by atoms with Crippen molar-refractivity contribution in [1.82, 2.24) is 20.5 Å². The summed E-state index contributed by atoms with van der Waals surface area (Å²) in [6.07, 6.45) is 1.51. The maximum atomic E-state index is 5.54. The number of aromatic nitrogens is 3. The van der Waals surface area contributed by atoms with Gasteiger partial charge in [-0.25, -0.2) is 4.98 Å². The largest absolute Gasteiger partial charge is 0.496 e. The molecule has 1 heterocycles. The molecule has 1 atom stereocenters. The highest BCUT2D eigenvalue weighted by Gasteiger charge is 2.20. The first-order valence-electron chi connectivity index (χ1n) is 5.85. The summed E-state index contributed by atoms with van der Waals surface area (Å²) in [6, 6.07) is 4.10. The van der Waals surface area contributed by atoms with Crippen LogP contribution in [0, 0.1) is 13.8 Å². The SMILES string of the molecule is CNC(c1ncn[nH]1)c1ccc(C)c(C)c1OC. The van der Waals surface area contributed by atoms with E-state index in [-0.39, 0.29) is 6.04 Å². The minimum atomic E-state index is -0.0539. The molecule has 1 unspecified atom stereocenters. The molecule has 0 amide bonds. The third-order valence-corrected chi connectivity index (χ3v) is 3.22. The van der Waals surface area contributed by atoms with E-state index >= 15 is 0 Å². The number of ether oxygens (including phenoxy) is 1. The number of nitrogens with one attached hydrogen (secondary N) is 2. The molecule has 2 rings (SSSR count). The molecule has 2 aromatic rings. The number of nitrogens with zero attached hydrogens (tertiary/aromatic N) is 2. The van der Waals surface area contributed by atoms with Gasteiger partial charge in [-0.1, -0.05) is 12.1 Å². The fourth-order valence-corrected chi connectivity index (χ4v) is 2.10. The molecule has 96 valence electrons. The molecule has 5 heteroatoms. The Hall–Kier alpha value is -1.88. The van der Waals surface area contributed by atoms with Crippen LogP contribution in [0.1, 0.15) is 28.6 Å². The Morgan fingerprint density at radius 1 is 1.33 bits per heavy atom. The van der Waals surface area contributed by atoms with Gasteiger partial charge in [-0.3, -0.25) is 5.10 Å². The molecule has 0 spiro atoms. The molecule has 0 aliphatic carbocycles. The lowest BCUT2D eigenvalue weighted by molar-refractivity contribution is 0.401. The molecule has 0 saturated carbocycles. The molecule has 5 nitrogen and oxygen atoms in total. The van der Waals surface area contributed by atoms with Crippen molar-refractivity contribution in [2.45, 2.75) is 19.9 Å². The van der Waals surface area contributed by atoms with Gasteiger partial charge < -0.3 is 10.1 Å². The molecule has 0 radical (unpaired) electrons. The van der Waals surface area contributed by atoms with E-state index in [1.807, 2.05) is 7.05 Å². The van der Waals surface area contributed by atoms with E-state index in [0.29, 0.717) is 0 Å². The second kappa shape index (κ2) is 5.18. The van der Waals surface area contributed by atoms with Gasteiger partial charge in [-0.15, -0.1) is 0 Å². The van der Waals surface area contributed by atoms with Gasteiger partial charge in [0.15, 0.2) is 0 Å². The van der Waals surface area contributed by atoms with Crippen LogP contribution in [0.5, 0.6) is 5.75 Å². The van der Waals surface area contributed by atoms with E-state index in [4.69, 9.17) is 4.74 Å². The molecule has 18 heavy (non-hydrogen) atoms. The van der Waals surface area contributed by atoms with Gasteiger partial charge in [-0.2, -0.15) is 5.10 Å². The van der Waals surface area contributed by atoms with Crippen molar-refractivity contribution in [1.29, 1.82) is 0 Å². The van der Waals surface area contributed by atoms with Crippen molar-refractivity contribution in [3.05, 3.63) is 41.0 Å². The number of benzene rings is 1. The lowest BCUT2D eigenvalue weighted by atomic mass is 9.98. The highest BCUT2D eigenvalue weighted by atomic mass is 16.5. The quantitative estimate of drug-likeness (QED) is 0.862. The van der Waals surface area contributed by atoms with Crippen LogP contribution < -0.4 is 10.1 Å². The van der Waals surface area contributed by atoms with Gasteiger partial charge >= 0.3 is 0 Å². The van der Waals surface area contributed by atoms with Crippen molar-refractivity contribution in [2.75, 3.05) is 14.2 Å². The average Bonchev–Trinajstić information content (AvgIpc) is 2.89. The topological polar surface area (TPSA) is 62.8 Å². The summed E-state index contributed by atoms with van der Waals surface area (Å²) in [5, 5.41) is 10.0. The molecule has 0 fully saturated rings. The highest BCUT2D eigenvalue weighted by Crippen LogP contribution is 2.32. The van der Waals surface area contributed by atoms with E-state index in [2.05, 4.69) is 46.5 Å². The van der Waals surface area contributed by atoms with Gasteiger partial charge in [0, 0.05) is 5.56 Å². The number of H-pyrrole nitrogens is 1. The summed E-state index contributed by atoms with van der Waals surface area (Å²) >= 11 is 0. The van der Waals surface area contributed by atoms with Gasteiger partial charge in [0.2, 0.25) is 0 Å². The normalized spacial score (nSPS) is 12.4. The lowest BCUT2D eigenvalue weighted by Crippen LogP contribution is -2.20. The van der Waals surface area contributed by atoms with Crippen molar-refractivity contribution < 1.29 is 4.74 Å². The van der Waals surface area contributed by atoms with Crippen LogP contribution in [-0.2, 0) is 0 Å². The Morgan fingerprint density at radius 2 is 2.11 bits per heavy atom.